The summed E-state index contributed by atoms with van der Waals surface area (Å²) < 4.78 is 4.70. The van der Waals surface area contributed by atoms with Crippen LogP contribution in [-0.2, 0) is 0 Å². The summed E-state index contributed by atoms with van der Waals surface area (Å²) in [6, 6.07) is 11.3. The molecule has 0 atom stereocenters. The molecule has 3 N–H and O–H groups in total. The van der Waals surface area contributed by atoms with E-state index in [-0.39, 0.29) is 11.4 Å². The number of nitrogens with zero attached hydrogens (tertiary/aromatic N) is 2. The fraction of sp³-hybridized carbons (Fsp3) is 0. The van der Waals surface area contributed by atoms with Crippen molar-refractivity contribution < 1.29 is 4.52 Å². The van der Waals surface area contributed by atoms with Crippen molar-refractivity contribution in [2.24, 2.45) is 0 Å². The van der Waals surface area contributed by atoms with Crippen molar-refractivity contribution in [3.8, 4) is 6.07 Å². The first-order valence-electron chi connectivity index (χ1n) is 4.28. The van der Waals surface area contributed by atoms with Crippen LogP contribution < -0.4 is 11.1 Å². The third-order valence-corrected chi connectivity index (χ3v) is 1.87. The molecule has 2 rings (SSSR count). The van der Waals surface area contributed by atoms with Crippen molar-refractivity contribution in [2.45, 2.75) is 0 Å². The van der Waals surface area contributed by atoms with Gasteiger partial charge in [-0.3, -0.25) is 0 Å². The quantitative estimate of drug-likeness (QED) is 0.772. The molecule has 0 aliphatic carbocycles. The maximum absolute atomic E-state index is 8.80. The maximum Gasteiger partial charge on any atom is 0.242 e. The number of para-hydroxylation sites is 1. The van der Waals surface area contributed by atoms with Gasteiger partial charge in [-0.1, -0.05) is 23.4 Å². The van der Waals surface area contributed by atoms with Crippen LogP contribution in [0.1, 0.15) is 5.56 Å². The normalized spacial score (nSPS) is 9.53. The molecule has 0 spiro atoms. The van der Waals surface area contributed by atoms with E-state index in [9.17, 15) is 0 Å². The van der Waals surface area contributed by atoms with Crippen molar-refractivity contribution in [3.63, 3.8) is 0 Å². The molecular formula is C10H8N4O. The third-order valence-electron chi connectivity index (χ3n) is 1.87. The minimum atomic E-state index is 0.0240. The number of nitrogens with two attached hydrogens (primary N) is 1. The van der Waals surface area contributed by atoms with Gasteiger partial charge < -0.3 is 15.6 Å². The van der Waals surface area contributed by atoms with E-state index >= 15 is 0 Å². The number of nitrogen functional groups attached to an aromatic ring is 1. The second kappa shape index (κ2) is 3.72. The van der Waals surface area contributed by atoms with Crippen LogP contribution in [0.5, 0.6) is 0 Å². The van der Waals surface area contributed by atoms with Crippen LogP contribution in [-0.4, -0.2) is 5.16 Å². The fourth-order valence-electron chi connectivity index (χ4n) is 1.15. The van der Waals surface area contributed by atoms with Crippen molar-refractivity contribution in [2.75, 3.05) is 11.1 Å². The number of hydrogen-bond donors (Lipinski definition) is 2. The van der Waals surface area contributed by atoms with Gasteiger partial charge in [0.2, 0.25) is 5.88 Å². The average molecular weight is 200 g/mol. The molecule has 0 saturated heterocycles. The Morgan fingerprint density at radius 2 is 2.07 bits per heavy atom. The lowest BCUT2D eigenvalue weighted by Gasteiger charge is -2.00. The monoisotopic (exact) mass is 200 g/mol. The molecule has 5 nitrogen and oxygen atoms in total. The molecule has 74 valence electrons. The molecule has 0 unspecified atom stereocenters. The first-order chi connectivity index (χ1) is 7.31. The van der Waals surface area contributed by atoms with Gasteiger partial charge in [-0.05, 0) is 12.1 Å². The van der Waals surface area contributed by atoms with Crippen LogP contribution in [0.4, 0.5) is 17.4 Å². The highest BCUT2D eigenvalue weighted by molar-refractivity contribution is 5.67. The van der Waals surface area contributed by atoms with Crippen LogP contribution in [0.3, 0.4) is 0 Å². The minimum absolute atomic E-state index is 0.0240. The largest absolute Gasteiger partial charge is 0.366 e. The summed E-state index contributed by atoms with van der Waals surface area (Å²) in [4.78, 5) is 0. The molecule has 15 heavy (non-hydrogen) atoms. The van der Waals surface area contributed by atoms with Gasteiger partial charge >= 0.3 is 0 Å². The van der Waals surface area contributed by atoms with Gasteiger partial charge in [0.1, 0.15) is 6.07 Å². The summed E-state index contributed by atoms with van der Waals surface area (Å²) in [7, 11) is 0. The Labute approximate surface area is 86.1 Å². The summed E-state index contributed by atoms with van der Waals surface area (Å²) in [5, 5.41) is 15.4. The Hall–Kier alpha value is -2.48. The van der Waals surface area contributed by atoms with Crippen LogP contribution in [0.15, 0.2) is 34.9 Å². The lowest BCUT2D eigenvalue weighted by Crippen LogP contribution is -1.93. The molecule has 0 saturated carbocycles. The number of aromatic nitrogens is 1. The van der Waals surface area contributed by atoms with E-state index in [1.807, 2.05) is 36.4 Å². The van der Waals surface area contributed by atoms with E-state index in [0.29, 0.717) is 5.82 Å². The standard InChI is InChI=1S/C10H8N4O/c11-6-8-9(12)15-14-10(8)13-7-4-2-1-3-5-7/h1-5H,12H2,(H,13,14). The number of anilines is 3. The number of nitrogens with one attached hydrogen (secondary N) is 1. The molecule has 0 aliphatic heterocycles. The molecule has 1 aromatic heterocycles. The first kappa shape index (κ1) is 9.09. The molecule has 0 fully saturated rings. The highest BCUT2D eigenvalue weighted by atomic mass is 16.5. The van der Waals surface area contributed by atoms with E-state index in [4.69, 9.17) is 15.5 Å². The Morgan fingerprint density at radius 1 is 1.33 bits per heavy atom. The van der Waals surface area contributed by atoms with Crippen LogP contribution in [0.25, 0.3) is 0 Å². The minimum Gasteiger partial charge on any atom is -0.366 e. The van der Waals surface area contributed by atoms with Crippen LogP contribution in [0.2, 0.25) is 0 Å². The van der Waals surface area contributed by atoms with E-state index in [0.717, 1.165) is 5.69 Å². The summed E-state index contributed by atoms with van der Waals surface area (Å²) in [5.74, 6) is 0.358. The van der Waals surface area contributed by atoms with Gasteiger partial charge in [0.05, 0.1) is 0 Å². The van der Waals surface area contributed by atoms with Gasteiger partial charge in [-0.15, -0.1) is 0 Å². The Bertz CT molecular complexity index is 498. The molecular weight excluding hydrogens is 192 g/mol. The average Bonchev–Trinajstić information content (AvgIpc) is 2.61. The van der Waals surface area contributed by atoms with Gasteiger partial charge in [-0.2, -0.15) is 5.26 Å². The predicted molar refractivity (Wildman–Crippen MR) is 55.4 cm³/mol. The number of benzene rings is 1. The number of nitriles is 1. The molecule has 0 aliphatic rings. The Balaban J connectivity index is 2.30. The lowest BCUT2D eigenvalue weighted by molar-refractivity contribution is 0.439. The SMILES string of the molecule is N#Cc1c(Nc2ccccc2)noc1N. The maximum atomic E-state index is 8.80. The smallest absolute Gasteiger partial charge is 0.242 e. The lowest BCUT2D eigenvalue weighted by atomic mass is 10.3. The van der Waals surface area contributed by atoms with E-state index in [1.54, 1.807) is 0 Å². The van der Waals surface area contributed by atoms with Gasteiger partial charge in [0.15, 0.2) is 11.4 Å². The molecule has 0 amide bonds. The highest BCUT2D eigenvalue weighted by Crippen LogP contribution is 2.23. The van der Waals surface area contributed by atoms with Crippen molar-refractivity contribution in [3.05, 3.63) is 35.9 Å². The zero-order valence-electron chi connectivity index (χ0n) is 7.77. The van der Waals surface area contributed by atoms with Crippen molar-refractivity contribution in [1.29, 1.82) is 5.26 Å². The topological polar surface area (TPSA) is 87.9 Å². The summed E-state index contributed by atoms with van der Waals surface area (Å²) in [6.45, 7) is 0. The zero-order chi connectivity index (χ0) is 10.7. The van der Waals surface area contributed by atoms with Crippen LogP contribution >= 0.6 is 0 Å². The molecule has 0 bridgehead atoms. The van der Waals surface area contributed by atoms with E-state index in [1.165, 1.54) is 0 Å². The summed E-state index contributed by atoms with van der Waals surface area (Å²) in [6.07, 6.45) is 0. The van der Waals surface area contributed by atoms with Gasteiger partial charge in [0, 0.05) is 5.69 Å². The van der Waals surface area contributed by atoms with E-state index < -0.39 is 0 Å². The molecule has 1 heterocycles. The number of rotatable bonds is 2. The molecule has 1 aromatic carbocycles. The predicted octanol–water partition coefficient (Wildman–Crippen LogP) is 1.87. The van der Waals surface area contributed by atoms with E-state index in [2.05, 4.69) is 10.5 Å². The number of hydrogen-bond acceptors (Lipinski definition) is 5. The Morgan fingerprint density at radius 3 is 2.73 bits per heavy atom. The zero-order valence-corrected chi connectivity index (χ0v) is 7.77. The Kier molecular flexibility index (Phi) is 2.25. The molecule has 0 radical (unpaired) electrons. The third kappa shape index (κ3) is 1.74. The van der Waals surface area contributed by atoms with Crippen molar-refractivity contribution in [1.82, 2.24) is 5.16 Å². The fourth-order valence-corrected chi connectivity index (χ4v) is 1.15. The van der Waals surface area contributed by atoms with Crippen molar-refractivity contribution >= 4 is 17.4 Å². The van der Waals surface area contributed by atoms with Gasteiger partial charge in [0.25, 0.3) is 0 Å². The molecule has 5 heteroatoms. The molecule has 2 aromatic rings. The summed E-state index contributed by atoms with van der Waals surface area (Å²) >= 11 is 0. The van der Waals surface area contributed by atoms with Gasteiger partial charge in [-0.25, -0.2) is 0 Å². The second-order valence-corrected chi connectivity index (χ2v) is 2.87. The highest BCUT2D eigenvalue weighted by Gasteiger charge is 2.12. The van der Waals surface area contributed by atoms with Crippen LogP contribution in [0, 0.1) is 11.3 Å². The first-order valence-corrected chi connectivity index (χ1v) is 4.28. The second-order valence-electron chi connectivity index (χ2n) is 2.87. The summed E-state index contributed by atoms with van der Waals surface area (Å²) in [5.41, 5.74) is 6.46.